The normalized spacial score (nSPS) is 9.94. The molecule has 2 rings (SSSR count). The van der Waals surface area contributed by atoms with E-state index in [1.165, 1.54) is 0 Å². The highest BCUT2D eigenvalue weighted by atomic mass is 16.5. The SMILES string of the molecule is CNc1cccc(N(C)c2ccccc2OC)n1. The van der Waals surface area contributed by atoms with E-state index in [-0.39, 0.29) is 0 Å². The molecule has 18 heavy (non-hydrogen) atoms. The number of methoxy groups -OCH3 is 1. The van der Waals surface area contributed by atoms with Gasteiger partial charge in [-0.1, -0.05) is 18.2 Å². The highest BCUT2D eigenvalue weighted by Crippen LogP contribution is 2.31. The van der Waals surface area contributed by atoms with Crippen LogP contribution >= 0.6 is 0 Å². The van der Waals surface area contributed by atoms with Crippen molar-refractivity contribution in [3.8, 4) is 5.75 Å². The Labute approximate surface area is 107 Å². The molecule has 0 radical (unpaired) electrons. The number of rotatable bonds is 4. The first-order valence-corrected chi connectivity index (χ1v) is 5.78. The zero-order valence-electron chi connectivity index (χ0n) is 10.8. The summed E-state index contributed by atoms with van der Waals surface area (Å²) in [5.74, 6) is 2.54. The molecule has 0 spiro atoms. The number of anilines is 3. The van der Waals surface area contributed by atoms with Gasteiger partial charge in [0.05, 0.1) is 12.8 Å². The molecule has 1 aromatic heterocycles. The first kappa shape index (κ1) is 12.2. The van der Waals surface area contributed by atoms with Crippen LogP contribution in [0.5, 0.6) is 5.75 Å². The predicted octanol–water partition coefficient (Wildman–Crippen LogP) is 2.90. The molecule has 94 valence electrons. The van der Waals surface area contributed by atoms with Gasteiger partial charge in [0.2, 0.25) is 0 Å². The number of ether oxygens (including phenoxy) is 1. The second-order valence-corrected chi connectivity index (χ2v) is 3.86. The Hall–Kier alpha value is -2.23. The molecular formula is C14H17N3O. The first-order chi connectivity index (χ1) is 8.76. The molecule has 0 aliphatic rings. The van der Waals surface area contributed by atoms with E-state index in [0.29, 0.717) is 0 Å². The molecule has 0 aliphatic carbocycles. The molecular weight excluding hydrogens is 226 g/mol. The monoisotopic (exact) mass is 243 g/mol. The lowest BCUT2D eigenvalue weighted by molar-refractivity contribution is 0.415. The van der Waals surface area contributed by atoms with Gasteiger partial charge in [0, 0.05) is 14.1 Å². The third-order valence-corrected chi connectivity index (χ3v) is 2.78. The number of benzene rings is 1. The summed E-state index contributed by atoms with van der Waals surface area (Å²) < 4.78 is 5.36. The summed E-state index contributed by atoms with van der Waals surface area (Å²) in [7, 11) is 5.50. The maximum atomic E-state index is 5.36. The highest BCUT2D eigenvalue weighted by molar-refractivity contribution is 5.67. The van der Waals surface area contributed by atoms with Crippen molar-refractivity contribution in [2.24, 2.45) is 0 Å². The number of hydrogen-bond donors (Lipinski definition) is 1. The van der Waals surface area contributed by atoms with Crippen LogP contribution in [0.2, 0.25) is 0 Å². The number of hydrogen-bond acceptors (Lipinski definition) is 4. The molecule has 0 saturated carbocycles. The number of aromatic nitrogens is 1. The standard InChI is InChI=1S/C14H17N3O/c1-15-13-9-6-10-14(16-13)17(2)11-7-4-5-8-12(11)18-3/h4-10H,1-3H3,(H,15,16). The zero-order chi connectivity index (χ0) is 13.0. The minimum atomic E-state index is 0.830. The molecule has 0 atom stereocenters. The second kappa shape index (κ2) is 5.40. The molecule has 0 saturated heterocycles. The van der Waals surface area contributed by atoms with E-state index in [2.05, 4.69) is 10.3 Å². The van der Waals surface area contributed by atoms with Gasteiger partial charge in [-0.2, -0.15) is 0 Å². The highest BCUT2D eigenvalue weighted by Gasteiger charge is 2.10. The Morgan fingerprint density at radius 1 is 1.11 bits per heavy atom. The van der Waals surface area contributed by atoms with Crippen LogP contribution in [0.4, 0.5) is 17.3 Å². The molecule has 1 heterocycles. The van der Waals surface area contributed by atoms with Gasteiger partial charge in [0.15, 0.2) is 0 Å². The van der Waals surface area contributed by atoms with Crippen LogP contribution in [0, 0.1) is 0 Å². The van der Waals surface area contributed by atoms with Gasteiger partial charge < -0.3 is 15.0 Å². The number of para-hydroxylation sites is 2. The largest absolute Gasteiger partial charge is 0.495 e. The fraction of sp³-hybridized carbons (Fsp3) is 0.214. The van der Waals surface area contributed by atoms with Crippen LogP contribution in [-0.4, -0.2) is 26.2 Å². The summed E-state index contributed by atoms with van der Waals surface area (Å²) in [6.45, 7) is 0. The first-order valence-electron chi connectivity index (χ1n) is 5.78. The molecule has 0 fully saturated rings. The Morgan fingerprint density at radius 3 is 2.61 bits per heavy atom. The molecule has 1 N–H and O–H groups in total. The van der Waals surface area contributed by atoms with E-state index in [1.807, 2.05) is 61.5 Å². The third kappa shape index (κ3) is 2.37. The van der Waals surface area contributed by atoms with Crippen molar-refractivity contribution in [1.29, 1.82) is 0 Å². The van der Waals surface area contributed by atoms with Crippen molar-refractivity contribution >= 4 is 17.3 Å². The summed E-state index contributed by atoms with van der Waals surface area (Å²) in [5, 5.41) is 3.03. The molecule has 0 unspecified atom stereocenters. The van der Waals surface area contributed by atoms with E-state index < -0.39 is 0 Å². The second-order valence-electron chi connectivity index (χ2n) is 3.86. The summed E-state index contributed by atoms with van der Waals surface area (Å²) in [6, 6.07) is 13.7. The molecule has 4 nitrogen and oxygen atoms in total. The summed E-state index contributed by atoms with van der Waals surface area (Å²) >= 11 is 0. The predicted molar refractivity (Wildman–Crippen MR) is 74.8 cm³/mol. The zero-order valence-corrected chi connectivity index (χ0v) is 10.8. The third-order valence-electron chi connectivity index (χ3n) is 2.78. The van der Waals surface area contributed by atoms with Gasteiger partial charge in [-0.25, -0.2) is 4.98 Å². The molecule has 4 heteroatoms. The quantitative estimate of drug-likeness (QED) is 0.896. The number of nitrogens with one attached hydrogen (secondary N) is 1. The Bertz CT molecular complexity index is 528. The van der Waals surface area contributed by atoms with Gasteiger partial charge in [0.1, 0.15) is 17.4 Å². The maximum Gasteiger partial charge on any atom is 0.142 e. The van der Waals surface area contributed by atoms with Crippen LogP contribution in [-0.2, 0) is 0 Å². The Morgan fingerprint density at radius 2 is 1.89 bits per heavy atom. The van der Waals surface area contributed by atoms with Crippen molar-refractivity contribution < 1.29 is 4.74 Å². The minimum Gasteiger partial charge on any atom is -0.495 e. The molecule has 2 aromatic rings. The van der Waals surface area contributed by atoms with E-state index in [1.54, 1.807) is 7.11 Å². The van der Waals surface area contributed by atoms with Crippen molar-refractivity contribution in [3.63, 3.8) is 0 Å². The van der Waals surface area contributed by atoms with E-state index >= 15 is 0 Å². The van der Waals surface area contributed by atoms with Crippen LogP contribution in [0.15, 0.2) is 42.5 Å². The summed E-state index contributed by atoms with van der Waals surface area (Å²) in [5.41, 5.74) is 0.987. The lowest BCUT2D eigenvalue weighted by atomic mass is 10.2. The van der Waals surface area contributed by atoms with Gasteiger partial charge in [0.25, 0.3) is 0 Å². The van der Waals surface area contributed by atoms with E-state index in [0.717, 1.165) is 23.1 Å². The van der Waals surface area contributed by atoms with Gasteiger partial charge in [-0.3, -0.25) is 0 Å². The van der Waals surface area contributed by atoms with Crippen molar-refractivity contribution in [2.45, 2.75) is 0 Å². The lowest BCUT2D eigenvalue weighted by Gasteiger charge is -2.21. The van der Waals surface area contributed by atoms with Crippen molar-refractivity contribution in [1.82, 2.24) is 4.98 Å². The van der Waals surface area contributed by atoms with Crippen molar-refractivity contribution in [3.05, 3.63) is 42.5 Å². The lowest BCUT2D eigenvalue weighted by Crippen LogP contribution is -2.12. The Kier molecular flexibility index (Phi) is 3.67. The van der Waals surface area contributed by atoms with Crippen LogP contribution < -0.4 is 15.0 Å². The summed E-state index contributed by atoms with van der Waals surface area (Å²) in [6.07, 6.45) is 0. The fourth-order valence-corrected chi connectivity index (χ4v) is 1.78. The smallest absolute Gasteiger partial charge is 0.142 e. The van der Waals surface area contributed by atoms with E-state index in [4.69, 9.17) is 4.74 Å². The molecule has 0 amide bonds. The van der Waals surface area contributed by atoms with Gasteiger partial charge in [-0.05, 0) is 24.3 Å². The van der Waals surface area contributed by atoms with Gasteiger partial charge >= 0.3 is 0 Å². The topological polar surface area (TPSA) is 37.4 Å². The minimum absolute atomic E-state index is 0.830. The molecule has 0 bridgehead atoms. The van der Waals surface area contributed by atoms with Crippen LogP contribution in [0.25, 0.3) is 0 Å². The average Bonchev–Trinajstić information content (AvgIpc) is 2.46. The van der Waals surface area contributed by atoms with Crippen molar-refractivity contribution in [2.75, 3.05) is 31.4 Å². The maximum absolute atomic E-state index is 5.36. The number of pyridine rings is 1. The van der Waals surface area contributed by atoms with Crippen LogP contribution in [0.1, 0.15) is 0 Å². The fourth-order valence-electron chi connectivity index (χ4n) is 1.78. The Balaban J connectivity index is 2.37. The van der Waals surface area contributed by atoms with Gasteiger partial charge in [-0.15, -0.1) is 0 Å². The molecule has 1 aromatic carbocycles. The number of nitrogens with zero attached hydrogens (tertiary/aromatic N) is 2. The average molecular weight is 243 g/mol. The van der Waals surface area contributed by atoms with Crippen LogP contribution in [0.3, 0.4) is 0 Å². The van der Waals surface area contributed by atoms with E-state index in [9.17, 15) is 0 Å². The summed E-state index contributed by atoms with van der Waals surface area (Å²) in [4.78, 5) is 6.50. The molecule has 0 aliphatic heterocycles.